The number of anilines is 1. The summed E-state index contributed by atoms with van der Waals surface area (Å²) in [5.41, 5.74) is 4.48. The number of pyridine rings is 1. The summed E-state index contributed by atoms with van der Waals surface area (Å²) >= 11 is 0. The molecule has 0 saturated heterocycles. The molecule has 0 aliphatic rings. The van der Waals surface area contributed by atoms with Gasteiger partial charge in [0, 0.05) is 24.6 Å². The molecular formula is C19H24N2O2. The largest absolute Gasteiger partial charge is 0.443 e. The number of ether oxygens (including phenoxy) is 1. The lowest BCUT2D eigenvalue weighted by Crippen LogP contribution is -2.34. The van der Waals surface area contributed by atoms with Crippen LogP contribution in [0.25, 0.3) is 11.1 Å². The average Bonchev–Trinajstić information content (AvgIpc) is 2.44. The third-order valence-electron chi connectivity index (χ3n) is 3.35. The van der Waals surface area contributed by atoms with Gasteiger partial charge in [-0.05, 0) is 75.6 Å². The van der Waals surface area contributed by atoms with Crippen LogP contribution in [0.15, 0.2) is 36.5 Å². The zero-order valence-electron chi connectivity index (χ0n) is 14.7. The Morgan fingerprint density at radius 3 is 2.39 bits per heavy atom. The second-order valence-electron chi connectivity index (χ2n) is 6.78. The Kier molecular flexibility index (Phi) is 4.73. The molecule has 0 N–H and O–H groups in total. The molecule has 0 fully saturated rings. The van der Waals surface area contributed by atoms with Gasteiger partial charge in [-0.3, -0.25) is 9.88 Å². The number of carbonyl (C=O) groups is 1. The first-order chi connectivity index (χ1) is 10.7. The predicted octanol–water partition coefficient (Wildman–Crippen LogP) is 4.74. The number of nitrogens with zero attached hydrogens (tertiary/aromatic N) is 2. The third kappa shape index (κ3) is 4.55. The first kappa shape index (κ1) is 17.0. The lowest BCUT2D eigenvalue weighted by Gasteiger charge is -2.25. The van der Waals surface area contributed by atoms with Gasteiger partial charge in [0.15, 0.2) is 0 Å². The molecule has 0 atom stereocenters. The Morgan fingerprint density at radius 1 is 1.09 bits per heavy atom. The van der Waals surface area contributed by atoms with Crippen molar-refractivity contribution in [2.45, 2.75) is 40.2 Å². The fraction of sp³-hybridized carbons (Fsp3) is 0.368. The van der Waals surface area contributed by atoms with E-state index in [9.17, 15) is 4.79 Å². The molecule has 1 amide bonds. The summed E-state index contributed by atoms with van der Waals surface area (Å²) in [6.07, 6.45) is 1.43. The van der Waals surface area contributed by atoms with Gasteiger partial charge < -0.3 is 4.74 Å². The summed E-state index contributed by atoms with van der Waals surface area (Å²) in [6, 6.07) is 10.1. The number of carbonyl (C=O) groups excluding carboxylic acids is 1. The second-order valence-corrected chi connectivity index (χ2v) is 6.78. The fourth-order valence-electron chi connectivity index (χ4n) is 2.28. The molecule has 2 rings (SSSR count). The van der Waals surface area contributed by atoms with Crippen molar-refractivity contribution in [1.29, 1.82) is 0 Å². The van der Waals surface area contributed by atoms with Crippen molar-refractivity contribution in [2.24, 2.45) is 0 Å². The van der Waals surface area contributed by atoms with Crippen LogP contribution in [0.3, 0.4) is 0 Å². The topological polar surface area (TPSA) is 42.4 Å². The van der Waals surface area contributed by atoms with Gasteiger partial charge in [-0.2, -0.15) is 0 Å². The van der Waals surface area contributed by atoms with Crippen molar-refractivity contribution in [1.82, 2.24) is 4.98 Å². The maximum absolute atomic E-state index is 12.3. The summed E-state index contributed by atoms with van der Waals surface area (Å²) in [7, 11) is 1.73. The van der Waals surface area contributed by atoms with Gasteiger partial charge >= 0.3 is 6.09 Å². The lowest BCUT2D eigenvalue weighted by atomic mass is 10.0. The van der Waals surface area contributed by atoms with Crippen molar-refractivity contribution in [3.05, 3.63) is 47.8 Å². The molecular weight excluding hydrogens is 288 g/mol. The van der Waals surface area contributed by atoms with Gasteiger partial charge in [-0.1, -0.05) is 6.07 Å². The average molecular weight is 312 g/mol. The number of amides is 1. The molecule has 0 spiro atoms. The molecule has 4 nitrogen and oxygen atoms in total. The van der Waals surface area contributed by atoms with Crippen LogP contribution in [0.5, 0.6) is 0 Å². The highest BCUT2D eigenvalue weighted by Gasteiger charge is 2.21. The minimum Gasteiger partial charge on any atom is -0.443 e. The quantitative estimate of drug-likeness (QED) is 0.804. The highest BCUT2D eigenvalue weighted by atomic mass is 16.6. The van der Waals surface area contributed by atoms with E-state index in [1.54, 1.807) is 13.2 Å². The van der Waals surface area contributed by atoms with Gasteiger partial charge in [0.05, 0.1) is 0 Å². The zero-order valence-corrected chi connectivity index (χ0v) is 14.7. The Labute approximate surface area is 138 Å². The van der Waals surface area contributed by atoms with Crippen LogP contribution < -0.4 is 4.90 Å². The maximum atomic E-state index is 12.3. The number of hydrogen-bond acceptors (Lipinski definition) is 3. The molecule has 1 aromatic carbocycles. The molecule has 2 aromatic rings. The first-order valence-corrected chi connectivity index (χ1v) is 7.67. The Balaban J connectivity index is 2.35. The molecule has 0 bridgehead atoms. The summed E-state index contributed by atoms with van der Waals surface area (Å²) in [5.74, 6) is 0. The zero-order chi connectivity index (χ0) is 17.2. The highest BCUT2D eigenvalue weighted by molar-refractivity contribution is 5.88. The summed E-state index contributed by atoms with van der Waals surface area (Å²) in [6.45, 7) is 9.57. The Bertz CT molecular complexity index is 718. The number of rotatable bonds is 2. The van der Waals surface area contributed by atoms with E-state index in [1.807, 2.05) is 58.9 Å². The van der Waals surface area contributed by atoms with Crippen molar-refractivity contribution in [3.8, 4) is 11.1 Å². The highest BCUT2D eigenvalue weighted by Crippen LogP contribution is 2.27. The van der Waals surface area contributed by atoms with E-state index in [2.05, 4.69) is 11.1 Å². The van der Waals surface area contributed by atoms with E-state index in [4.69, 9.17) is 4.74 Å². The molecule has 1 aromatic heterocycles. The minimum atomic E-state index is -0.514. The van der Waals surface area contributed by atoms with E-state index in [0.29, 0.717) is 0 Å². The molecule has 122 valence electrons. The van der Waals surface area contributed by atoms with E-state index in [1.165, 1.54) is 4.90 Å². The second kappa shape index (κ2) is 6.41. The van der Waals surface area contributed by atoms with Crippen LogP contribution in [-0.2, 0) is 4.74 Å². The smallest absolute Gasteiger partial charge is 0.414 e. The predicted molar refractivity (Wildman–Crippen MR) is 93.8 cm³/mol. The number of hydrogen-bond donors (Lipinski definition) is 0. The number of aromatic nitrogens is 1. The van der Waals surface area contributed by atoms with Crippen LogP contribution in [0.2, 0.25) is 0 Å². The molecule has 1 heterocycles. The monoisotopic (exact) mass is 312 g/mol. The molecule has 0 radical (unpaired) electrons. The lowest BCUT2D eigenvalue weighted by molar-refractivity contribution is 0.0589. The fourth-order valence-corrected chi connectivity index (χ4v) is 2.28. The van der Waals surface area contributed by atoms with Gasteiger partial charge in [0.2, 0.25) is 0 Å². The van der Waals surface area contributed by atoms with E-state index >= 15 is 0 Å². The first-order valence-electron chi connectivity index (χ1n) is 7.67. The minimum absolute atomic E-state index is 0.361. The molecule has 0 unspecified atom stereocenters. The third-order valence-corrected chi connectivity index (χ3v) is 3.35. The summed E-state index contributed by atoms with van der Waals surface area (Å²) in [5, 5.41) is 0. The molecule has 4 heteroatoms. The van der Waals surface area contributed by atoms with E-state index in [-0.39, 0.29) is 6.09 Å². The van der Waals surface area contributed by atoms with Crippen LogP contribution in [0.1, 0.15) is 32.0 Å². The maximum Gasteiger partial charge on any atom is 0.414 e. The van der Waals surface area contributed by atoms with Crippen molar-refractivity contribution in [2.75, 3.05) is 11.9 Å². The van der Waals surface area contributed by atoms with Crippen molar-refractivity contribution in [3.63, 3.8) is 0 Å². The van der Waals surface area contributed by atoms with Gasteiger partial charge in [0.25, 0.3) is 0 Å². The number of aryl methyl sites for hydroxylation is 2. The SMILES string of the molecule is Cc1cc(-c2ccnc(C)c2)cc(N(C)C(=O)OC(C)(C)C)c1. The Hall–Kier alpha value is -2.36. The van der Waals surface area contributed by atoms with E-state index < -0.39 is 5.60 Å². The van der Waals surface area contributed by atoms with Gasteiger partial charge in [-0.25, -0.2) is 4.79 Å². The normalized spacial score (nSPS) is 11.2. The standard InChI is InChI=1S/C19H24N2O2/c1-13-9-16(15-7-8-20-14(2)11-15)12-17(10-13)21(6)18(22)23-19(3,4)5/h7-12H,1-6H3. The van der Waals surface area contributed by atoms with E-state index in [0.717, 1.165) is 28.1 Å². The molecule has 0 saturated carbocycles. The van der Waals surface area contributed by atoms with Crippen molar-refractivity contribution < 1.29 is 9.53 Å². The van der Waals surface area contributed by atoms with Gasteiger partial charge in [0.1, 0.15) is 5.60 Å². The van der Waals surface area contributed by atoms with Crippen LogP contribution in [0.4, 0.5) is 10.5 Å². The van der Waals surface area contributed by atoms with Crippen LogP contribution in [-0.4, -0.2) is 23.7 Å². The molecule has 0 aliphatic carbocycles. The summed E-state index contributed by atoms with van der Waals surface area (Å²) < 4.78 is 5.44. The Morgan fingerprint density at radius 2 is 1.78 bits per heavy atom. The summed E-state index contributed by atoms with van der Waals surface area (Å²) in [4.78, 5) is 18.0. The number of benzene rings is 1. The van der Waals surface area contributed by atoms with Crippen molar-refractivity contribution >= 4 is 11.8 Å². The molecule has 0 aliphatic heterocycles. The van der Waals surface area contributed by atoms with Crippen LogP contribution >= 0.6 is 0 Å². The van der Waals surface area contributed by atoms with Crippen LogP contribution in [0, 0.1) is 13.8 Å². The molecule has 23 heavy (non-hydrogen) atoms. The van der Waals surface area contributed by atoms with Gasteiger partial charge in [-0.15, -0.1) is 0 Å².